The minimum atomic E-state index is 0.0976. The molecule has 1 amide bonds. The molecule has 1 aromatic heterocycles. The van der Waals surface area contributed by atoms with E-state index in [1.807, 2.05) is 15.5 Å². The Bertz CT molecular complexity index is 987. The number of fused-ring (bicyclic) bond motifs is 1. The quantitative estimate of drug-likeness (QED) is 0.763. The van der Waals surface area contributed by atoms with Crippen molar-refractivity contribution in [3.8, 4) is 0 Å². The van der Waals surface area contributed by atoms with E-state index in [0.717, 1.165) is 76.3 Å². The fraction of sp³-hybridized carbons (Fsp3) is 0.560. The van der Waals surface area contributed by atoms with Gasteiger partial charge >= 0.3 is 0 Å². The van der Waals surface area contributed by atoms with Crippen molar-refractivity contribution in [3.05, 3.63) is 63.8 Å². The highest BCUT2D eigenvalue weighted by molar-refractivity contribution is 5.78. The molecule has 2 saturated heterocycles. The first-order valence-corrected chi connectivity index (χ1v) is 11.8. The molecule has 164 valence electrons. The number of aryl methyl sites for hydroxylation is 1. The molecule has 0 spiro atoms. The van der Waals surface area contributed by atoms with Crippen LogP contribution in [0.15, 0.2) is 41.2 Å². The van der Waals surface area contributed by atoms with Crippen molar-refractivity contribution in [1.82, 2.24) is 19.4 Å². The molecule has 4 heterocycles. The summed E-state index contributed by atoms with van der Waals surface area (Å²) >= 11 is 0. The average molecular weight is 421 g/mol. The number of carbonyl (C=O) groups is 1. The van der Waals surface area contributed by atoms with Crippen LogP contribution in [-0.4, -0.2) is 58.0 Å². The van der Waals surface area contributed by atoms with E-state index in [1.54, 1.807) is 6.07 Å². The van der Waals surface area contributed by atoms with E-state index in [1.165, 1.54) is 12.0 Å². The zero-order chi connectivity index (χ0) is 21.2. The Labute approximate surface area is 183 Å². The topological polar surface area (TPSA) is 58.4 Å². The molecule has 2 atom stereocenters. The van der Waals surface area contributed by atoms with Crippen LogP contribution in [0.4, 0.5) is 0 Å². The first kappa shape index (κ1) is 20.4. The predicted molar refractivity (Wildman–Crippen MR) is 120 cm³/mol. The fourth-order valence-corrected chi connectivity index (χ4v) is 5.44. The van der Waals surface area contributed by atoms with Crippen LogP contribution in [-0.2, 0) is 17.8 Å². The summed E-state index contributed by atoms with van der Waals surface area (Å²) in [4.78, 5) is 34.7. The smallest absolute Gasteiger partial charge is 0.253 e. The summed E-state index contributed by atoms with van der Waals surface area (Å²) in [6.45, 7) is 4.65. The third kappa shape index (κ3) is 4.45. The Morgan fingerprint density at radius 2 is 1.81 bits per heavy atom. The molecule has 0 N–H and O–H groups in total. The summed E-state index contributed by atoms with van der Waals surface area (Å²) in [7, 11) is 0. The van der Waals surface area contributed by atoms with E-state index < -0.39 is 0 Å². The van der Waals surface area contributed by atoms with Gasteiger partial charge in [-0.1, -0.05) is 36.8 Å². The Hall–Kier alpha value is -2.47. The molecular weight excluding hydrogens is 388 g/mol. The van der Waals surface area contributed by atoms with Crippen molar-refractivity contribution in [2.75, 3.05) is 32.7 Å². The Balaban J connectivity index is 1.19. The van der Waals surface area contributed by atoms with Crippen molar-refractivity contribution < 1.29 is 4.79 Å². The predicted octanol–water partition coefficient (Wildman–Crippen LogP) is 2.78. The van der Waals surface area contributed by atoms with E-state index >= 15 is 0 Å². The lowest BCUT2D eigenvalue weighted by Crippen LogP contribution is -2.38. The molecule has 3 aliphatic rings. The van der Waals surface area contributed by atoms with Crippen molar-refractivity contribution in [1.29, 1.82) is 0 Å². The Morgan fingerprint density at radius 1 is 0.968 bits per heavy atom. The molecule has 0 unspecified atom stereocenters. The van der Waals surface area contributed by atoms with Crippen LogP contribution < -0.4 is 5.56 Å². The number of rotatable bonds is 4. The average Bonchev–Trinajstić information content (AvgIpc) is 3.40. The molecule has 0 saturated carbocycles. The van der Waals surface area contributed by atoms with E-state index in [9.17, 15) is 9.59 Å². The number of hydrogen-bond donors (Lipinski definition) is 0. The van der Waals surface area contributed by atoms with E-state index in [4.69, 9.17) is 4.98 Å². The van der Waals surface area contributed by atoms with Crippen LogP contribution >= 0.6 is 0 Å². The molecule has 0 bridgehead atoms. The molecule has 6 heteroatoms. The van der Waals surface area contributed by atoms with Crippen LogP contribution in [0, 0.1) is 0 Å². The molecule has 31 heavy (non-hydrogen) atoms. The molecule has 6 nitrogen and oxygen atoms in total. The summed E-state index contributed by atoms with van der Waals surface area (Å²) in [5.41, 5.74) is 2.36. The number of aromatic nitrogens is 2. The van der Waals surface area contributed by atoms with Crippen LogP contribution in [0.2, 0.25) is 0 Å². The molecular formula is C25H32N4O2. The third-order valence-corrected chi connectivity index (χ3v) is 7.25. The third-order valence-electron chi connectivity index (χ3n) is 7.25. The largest absolute Gasteiger partial charge is 0.341 e. The number of carbonyl (C=O) groups excluding carboxylic acids is 1. The lowest BCUT2D eigenvalue weighted by molar-refractivity contribution is -0.131. The lowest BCUT2D eigenvalue weighted by Gasteiger charge is -2.21. The normalized spacial score (nSPS) is 24.2. The van der Waals surface area contributed by atoms with Gasteiger partial charge in [-0.3, -0.25) is 19.1 Å². The maximum atomic E-state index is 12.9. The monoisotopic (exact) mass is 420 g/mol. The highest BCUT2D eigenvalue weighted by atomic mass is 16.2. The number of likely N-dealkylation sites (tertiary alicyclic amines) is 2. The summed E-state index contributed by atoms with van der Waals surface area (Å²) in [6, 6.07) is 12.3. The van der Waals surface area contributed by atoms with Crippen molar-refractivity contribution in [2.24, 2.45) is 0 Å². The van der Waals surface area contributed by atoms with Gasteiger partial charge in [0.15, 0.2) is 0 Å². The summed E-state index contributed by atoms with van der Waals surface area (Å²) in [6.07, 6.45) is 6.25. The SMILES string of the molecule is O=C(CN1CC[C@H](c2cc(=O)n3c(n2)CCCCC3)C1)N1CC[C@@H](c2ccccc2)C1. The van der Waals surface area contributed by atoms with Crippen LogP contribution in [0.1, 0.15) is 61.0 Å². The zero-order valence-corrected chi connectivity index (χ0v) is 18.2. The molecule has 0 radical (unpaired) electrons. The maximum Gasteiger partial charge on any atom is 0.253 e. The number of hydrogen-bond acceptors (Lipinski definition) is 4. The molecule has 2 fully saturated rings. The van der Waals surface area contributed by atoms with Crippen molar-refractivity contribution in [3.63, 3.8) is 0 Å². The van der Waals surface area contributed by atoms with Gasteiger partial charge in [0.05, 0.1) is 12.2 Å². The van der Waals surface area contributed by atoms with Gasteiger partial charge in [-0.15, -0.1) is 0 Å². The number of benzene rings is 1. The summed E-state index contributed by atoms with van der Waals surface area (Å²) < 4.78 is 1.86. The van der Waals surface area contributed by atoms with Gasteiger partial charge in [-0.2, -0.15) is 0 Å². The molecule has 3 aliphatic heterocycles. The minimum Gasteiger partial charge on any atom is -0.341 e. The molecule has 0 aliphatic carbocycles. The van der Waals surface area contributed by atoms with E-state index in [-0.39, 0.29) is 17.4 Å². The number of nitrogens with zero attached hydrogens (tertiary/aromatic N) is 4. The van der Waals surface area contributed by atoms with Gasteiger partial charge in [0.1, 0.15) is 5.82 Å². The lowest BCUT2D eigenvalue weighted by atomic mass is 9.99. The fourth-order valence-electron chi connectivity index (χ4n) is 5.44. The second-order valence-corrected chi connectivity index (χ2v) is 9.35. The standard InChI is InChI=1S/C25H32N4O2/c30-24-15-22(26-23-9-5-2-6-12-29(23)24)21-10-13-27(16-21)18-25(31)28-14-11-20(17-28)19-7-3-1-4-8-19/h1,3-4,7-8,15,20-21H,2,5-6,9-14,16-18H2/t20-,21+/m1/s1. The second kappa shape index (κ2) is 8.95. The van der Waals surface area contributed by atoms with Crippen LogP contribution in [0.25, 0.3) is 0 Å². The Morgan fingerprint density at radius 3 is 2.68 bits per heavy atom. The van der Waals surface area contributed by atoms with Gasteiger partial charge < -0.3 is 4.90 Å². The van der Waals surface area contributed by atoms with E-state index in [2.05, 4.69) is 29.2 Å². The summed E-state index contributed by atoms with van der Waals surface area (Å²) in [5, 5.41) is 0. The minimum absolute atomic E-state index is 0.0976. The van der Waals surface area contributed by atoms with Crippen LogP contribution in [0.5, 0.6) is 0 Å². The molecule has 1 aromatic carbocycles. The zero-order valence-electron chi connectivity index (χ0n) is 18.2. The highest BCUT2D eigenvalue weighted by Crippen LogP contribution is 2.29. The maximum absolute atomic E-state index is 12.9. The van der Waals surface area contributed by atoms with E-state index in [0.29, 0.717) is 12.5 Å². The molecule has 2 aromatic rings. The first-order valence-electron chi connectivity index (χ1n) is 11.8. The van der Waals surface area contributed by atoms with Gasteiger partial charge in [0.25, 0.3) is 5.56 Å². The Kier molecular flexibility index (Phi) is 5.90. The summed E-state index contributed by atoms with van der Waals surface area (Å²) in [5.74, 6) is 1.89. The second-order valence-electron chi connectivity index (χ2n) is 9.35. The van der Waals surface area contributed by atoms with Crippen molar-refractivity contribution in [2.45, 2.75) is 56.9 Å². The van der Waals surface area contributed by atoms with Gasteiger partial charge in [-0.05, 0) is 37.8 Å². The first-order chi connectivity index (χ1) is 15.2. The van der Waals surface area contributed by atoms with Crippen molar-refractivity contribution >= 4 is 5.91 Å². The molecule has 5 rings (SSSR count). The van der Waals surface area contributed by atoms with Gasteiger partial charge in [-0.25, -0.2) is 4.98 Å². The van der Waals surface area contributed by atoms with Crippen LogP contribution in [0.3, 0.4) is 0 Å². The highest BCUT2D eigenvalue weighted by Gasteiger charge is 2.31. The van der Waals surface area contributed by atoms with Gasteiger partial charge in [0.2, 0.25) is 5.91 Å². The van der Waals surface area contributed by atoms with Gasteiger partial charge in [0, 0.05) is 50.5 Å². The number of amides is 1.